The number of piperidine rings is 1. The van der Waals surface area contributed by atoms with Crippen LogP contribution in [0.5, 0.6) is 0 Å². The molecule has 9 nitrogen and oxygen atoms in total. The fourth-order valence-corrected chi connectivity index (χ4v) is 8.39. The van der Waals surface area contributed by atoms with Gasteiger partial charge >= 0.3 is 5.97 Å². The van der Waals surface area contributed by atoms with Crippen molar-refractivity contribution < 1.29 is 19.5 Å². The topological polar surface area (TPSA) is 116 Å². The molecule has 0 spiro atoms. The molecule has 2 unspecified atom stereocenters. The van der Waals surface area contributed by atoms with Crippen LogP contribution in [-0.4, -0.2) is 80.9 Å². The van der Waals surface area contributed by atoms with Crippen LogP contribution in [0.2, 0.25) is 0 Å². The van der Waals surface area contributed by atoms with Crippen molar-refractivity contribution in [2.24, 2.45) is 11.8 Å². The Labute approximate surface area is 300 Å². The van der Waals surface area contributed by atoms with Gasteiger partial charge in [0.25, 0.3) is 5.91 Å². The van der Waals surface area contributed by atoms with E-state index in [2.05, 4.69) is 44.0 Å². The number of carboxylic acid groups (broad SMARTS) is 1. The average Bonchev–Trinajstić information content (AvgIpc) is 3.60. The van der Waals surface area contributed by atoms with Gasteiger partial charge in [0, 0.05) is 53.9 Å². The maximum absolute atomic E-state index is 13.5. The molecule has 0 saturated carbocycles. The number of nitrogens with zero attached hydrogens (tertiary/aromatic N) is 4. The number of amides is 2. The Morgan fingerprint density at radius 1 is 0.980 bits per heavy atom. The summed E-state index contributed by atoms with van der Waals surface area (Å²) in [5.74, 6) is -0.511. The molecule has 10 heteroatoms. The first-order valence-corrected chi connectivity index (χ1v) is 19.1. The van der Waals surface area contributed by atoms with Crippen molar-refractivity contribution in [3.63, 3.8) is 0 Å². The number of likely N-dealkylation sites (tertiary alicyclic amines) is 2. The zero-order chi connectivity index (χ0) is 35.4. The predicted molar refractivity (Wildman–Crippen MR) is 198 cm³/mol. The minimum Gasteiger partial charge on any atom is -0.481 e. The Balaban J connectivity index is 1.08. The second kappa shape index (κ2) is 15.6. The monoisotopic (exact) mass is 697 g/mol. The van der Waals surface area contributed by atoms with E-state index in [1.807, 2.05) is 42.7 Å². The summed E-state index contributed by atoms with van der Waals surface area (Å²) >= 11 is 1.42. The fourth-order valence-electron chi connectivity index (χ4n) is 7.43. The highest BCUT2D eigenvalue weighted by molar-refractivity contribution is 7.14. The van der Waals surface area contributed by atoms with Crippen molar-refractivity contribution in [1.82, 2.24) is 25.1 Å². The molecule has 50 heavy (non-hydrogen) atoms. The SMILES string of the molecule is CCCC1CCN(C2CC=C(c3cnc(-c4ccc(CC(NC(=O)c5ccc(C(C)(C)C)s5)C(=O)N5CC(C(=O)O)C5)cc4)nc3)CC2)CC1. The Kier molecular flexibility index (Phi) is 11.2. The first-order valence-electron chi connectivity index (χ1n) is 18.3. The molecule has 2 saturated heterocycles. The average molecular weight is 698 g/mol. The van der Waals surface area contributed by atoms with E-state index in [-0.39, 0.29) is 36.7 Å². The molecule has 4 heterocycles. The molecule has 2 aliphatic heterocycles. The highest BCUT2D eigenvalue weighted by atomic mass is 32.1. The fraction of sp³-hybridized carbons (Fsp3) is 0.525. The number of aliphatic carboxylic acids is 1. The molecule has 2 aromatic heterocycles. The zero-order valence-corrected chi connectivity index (χ0v) is 30.7. The van der Waals surface area contributed by atoms with Crippen molar-refractivity contribution in [3.05, 3.63) is 75.7 Å². The predicted octanol–water partition coefficient (Wildman–Crippen LogP) is 6.83. The van der Waals surface area contributed by atoms with Crippen LogP contribution < -0.4 is 5.32 Å². The summed E-state index contributed by atoms with van der Waals surface area (Å²) in [7, 11) is 0. The second-order valence-electron chi connectivity index (χ2n) is 15.3. The summed E-state index contributed by atoms with van der Waals surface area (Å²) in [5.41, 5.74) is 4.07. The molecule has 2 amide bonds. The van der Waals surface area contributed by atoms with E-state index in [0.29, 0.717) is 16.7 Å². The van der Waals surface area contributed by atoms with Gasteiger partial charge in [0.2, 0.25) is 5.91 Å². The molecule has 2 atom stereocenters. The smallest absolute Gasteiger partial charge is 0.310 e. The van der Waals surface area contributed by atoms with Gasteiger partial charge in [-0.05, 0) is 79.8 Å². The van der Waals surface area contributed by atoms with Gasteiger partial charge in [-0.25, -0.2) is 9.97 Å². The number of hydrogen-bond acceptors (Lipinski definition) is 7. The van der Waals surface area contributed by atoms with Crippen molar-refractivity contribution >= 4 is 34.7 Å². The number of nitrogens with one attached hydrogen (secondary N) is 1. The number of rotatable bonds is 11. The highest BCUT2D eigenvalue weighted by Crippen LogP contribution is 2.33. The zero-order valence-electron chi connectivity index (χ0n) is 29.9. The van der Waals surface area contributed by atoms with Gasteiger partial charge in [-0.2, -0.15) is 0 Å². The molecule has 1 aromatic carbocycles. The van der Waals surface area contributed by atoms with Crippen molar-refractivity contribution in [1.29, 1.82) is 0 Å². The van der Waals surface area contributed by atoms with Crippen LogP contribution in [0.3, 0.4) is 0 Å². The summed E-state index contributed by atoms with van der Waals surface area (Å²) < 4.78 is 0. The molecule has 0 radical (unpaired) electrons. The number of benzene rings is 1. The Morgan fingerprint density at radius 3 is 2.26 bits per heavy atom. The van der Waals surface area contributed by atoms with Gasteiger partial charge in [-0.15, -0.1) is 11.3 Å². The Hall–Kier alpha value is -3.89. The molecule has 6 rings (SSSR count). The van der Waals surface area contributed by atoms with Crippen LogP contribution >= 0.6 is 11.3 Å². The number of thiophene rings is 1. The highest BCUT2D eigenvalue weighted by Gasteiger charge is 2.39. The molecule has 2 N–H and O–H groups in total. The molecular weight excluding hydrogens is 647 g/mol. The van der Waals surface area contributed by atoms with Gasteiger partial charge in [-0.1, -0.05) is 70.9 Å². The Morgan fingerprint density at radius 2 is 1.68 bits per heavy atom. The van der Waals surface area contributed by atoms with Gasteiger partial charge in [0.1, 0.15) is 6.04 Å². The van der Waals surface area contributed by atoms with Crippen molar-refractivity contribution in [3.8, 4) is 11.4 Å². The molecule has 3 aromatic rings. The van der Waals surface area contributed by atoms with Crippen LogP contribution in [0, 0.1) is 11.8 Å². The molecule has 266 valence electrons. The summed E-state index contributed by atoms with van der Waals surface area (Å²) in [5, 5.41) is 12.3. The van der Waals surface area contributed by atoms with Gasteiger partial charge in [0.05, 0.1) is 10.8 Å². The van der Waals surface area contributed by atoms with E-state index in [0.717, 1.165) is 40.3 Å². The number of aromatic nitrogens is 2. The van der Waals surface area contributed by atoms with E-state index in [1.54, 1.807) is 6.07 Å². The van der Waals surface area contributed by atoms with Crippen LogP contribution in [0.4, 0.5) is 0 Å². The second-order valence-corrected chi connectivity index (χ2v) is 16.4. The molecule has 0 bridgehead atoms. The molecule has 2 fully saturated rings. The Bertz CT molecular complexity index is 1680. The quantitative estimate of drug-likeness (QED) is 0.226. The summed E-state index contributed by atoms with van der Waals surface area (Å²) in [6.45, 7) is 11.4. The van der Waals surface area contributed by atoms with Gasteiger partial charge < -0.3 is 20.2 Å². The van der Waals surface area contributed by atoms with E-state index >= 15 is 0 Å². The third kappa shape index (κ3) is 8.52. The number of hydrogen-bond donors (Lipinski definition) is 2. The largest absolute Gasteiger partial charge is 0.481 e. The molecular formula is C40H51N5O4S. The molecule has 1 aliphatic carbocycles. The maximum atomic E-state index is 13.5. The van der Waals surface area contributed by atoms with Crippen molar-refractivity contribution in [2.45, 2.75) is 96.6 Å². The van der Waals surface area contributed by atoms with E-state index in [9.17, 15) is 19.5 Å². The lowest BCUT2D eigenvalue weighted by Gasteiger charge is -2.39. The van der Waals surface area contributed by atoms with E-state index in [4.69, 9.17) is 9.97 Å². The van der Waals surface area contributed by atoms with E-state index < -0.39 is 17.9 Å². The third-order valence-electron chi connectivity index (χ3n) is 10.6. The minimum atomic E-state index is -0.911. The maximum Gasteiger partial charge on any atom is 0.310 e. The van der Waals surface area contributed by atoms with Gasteiger partial charge in [0.15, 0.2) is 5.82 Å². The van der Waals surface area contributed by atoms with Crippen LogP contribution in [0.1, 0.15) is 98.3 Å². The lowest BCUT2D eigenvalue weighted by Crippen LogP contribution is -2.59. The van der Waals surface area contributed by atoms with Crippen LogP contribution in [0.15, 0.2) is 54.9 Å². The number of carbonyl (C=O) groups is 3. The first kappa shape index (κ1) is 35.9. The van der Waals surface area contributed by atoms with Gasteiger partial charge in [-0.3, -0.25) is 14.4 Å². The first-order chi connectivity index (χ1) is 24.0. The van der Waals surface area contributed by atoms with Crippen LogP contribution in [-0.2, 0) is 21.4 Å². The lowest BCUT2D eigenvalue weighted by molar-refractivity contribution is -0.153. The van der Waals surface area contributed by atoms with E-state index in [1.165, 1.54) is 67.0 Å². The normalized spacial score (nSPS) is 19.8. The number of carboxylic acids is 1. The summed E-state index contributed by atoms with van der Waals surface area (Å²) in [6.07, 6.45) is 15.2. The number of allylic oxidation sites excluding steroid dienone is 1. The minimum absolute atomic E-state index is 0.0877. The standard InChI is InChI=1S/C40H51N5O4S/c1-5-6-26-17-19-44(20-18-26)32-13-11-28(12-14-32)30-22-41-36(42-23-30)29-9-7-27(8-10-29)21-33(38(47)45-24-31(25-45)39(48)49)43-37(46)34-15-16-35(50-34)40(2,3)4/h7-11,15-16,22-23,26,31-33H,5-6,12-14,17-21,24-25H2,1-4H3,(H,43,46)(H,48,49). The lowest BCUT2D eigenvalue weighted by atomic mass is 9.87. The van der Waals surface area contributed by atoms with Crippen molar-refractivity contribution in [2.75, 3.05) is 26.2 Å². The summed E-state index contributed by atoms with van der Waals surface area (Å²) in [4.78, 5) is 53.4. The number of carbonyl (C=O) groups excluding carboxylic acids is 2. The van der Waals surface area contributed by atoms with Crippen LogP contribution in [0.25, 0.3) is 17.0 Å². The summed E-state index contributed by atoms with van der Waals surface area (Å²) in [6, 6.07) is 11.3. The third-order valence-corrected chi connectivity index (χ3v) is 12.1. The molecule has 3 aliphatic rings.